The number of hydrogen-bond acceptors (Lipinski definition) is 6. The first-order valence-corrected chi connectivity index (χ1v) is 5.51. The van der Waals surface area contributed by atoms with Crippen molar-refractivity contribution in [3.63, 3.8) is 0 Å². The monoisotopic (exact) mass is 251 g/mol. The fourth-order valence-electron chi connectivity index (χ4n) is 1.58. The number of morpholine rings is 1. The molecule has 1 N–H and O–H groups in total. The van der Waals surface area contributed by atoms with Crippen molar-refractivity contribution in [2.45, 2.75) is 0 Å². The van der Waals surface area contributed by atoms with Crippen LogP contribution in [0.15, 0.2) is 23.3 Å². The minimum atomic E-state index is -0.624. The van der Waals surface area contributed by atoms with Crippen molar-refractivity contribution in [3.05, 3.63) is 33.9 Å². The minimum Gasteiger partial charge on any atom is -0.502 e. The zero-order chi connectivity index (χ0) is 13.0. The fourth-order valence-corrected chi connectivity index (χ4v) is 1.58. The second-order valence-corrected chi connectivity index (χ2v) is 3.82. The van der Waals surface area contributed by atoms with E-state index in [1.807, 2.05) is 5.01 Å². The molecule has 1 aromatic rings. The Bertz CT molecular complexity index is 469. The number of hydrogen-bond donors (Lipinski definition) is 1. The highest BCUT2D eigenvalue weighted by atomic mass is 16.6. The van der Waals surface area contributed by atoms with Crippen molar-refractivity contribution < 1.29 is 14.8 Å². The highest BCUT2D eigenvalue weighted by Crippen LogP contribution is 2.25. The van der Waals surface area contributed by atoms with Gasteiger partial charge in [0.05, 0.1) is 37.4 Å². The third kappa shape index (κ3) is 2.95. The standard InChI is InChI=1S/C11H13N3O4/c15-11-2-1-9(7-10(11)14(16)17)8-12-13-3-5-18-6-4-13/h1-2,7-8,15H,3-6H2/b12-8-. The highest BCUT2D eigenvalue weighted by Gasteiger charge is 2.13. The lowest BCUT2D eigenvalue weighted by Gasteiger charge is -2.23. The van der Waals surface area contributed by atoms with Crippen molar-refractivity contribution in [1.82, 2.24) is 5.01 Å². The van der Waals surface area contributed by atoms with Crippen LogP contribution in [-0.2, 0) is 4.74 Å². The Morgan fingerprint density at radius 1 is 1.44 bits per heavy atom. The van der Waals surface area contributed by atoms with Crippen LogP contribution in [-0.4, -0.2) is 47.6 Å². The number of nitro benzene ring substituents is 1. The molecule has 1 heterocycles. The topological polar surface area (TPSA) is 88.2 Å². The zero-order valence-electron chi connectivity index (χ0n) is 9.65. The Morgan fingerprint density at radius 3 is 2.83 bits per heavy atom. The molecule has 0 radical (unpaired) electrons. The van der Waals surface area contributed by atoms with Crippen LogP contribution in [0.2, 0.25) is 0 Å². The third-order valence-corrected chi connectivity index (χ3v) is 2.55. The summed E-state index contributed by atoms with van der Waals surface area (Å²) in [5.74, 6) is -0.344. The smallest absolute Gasteiger partial charge is 0.311 e. The maximum atomic E-state index is 10.7. The molecule has 0 saturated carbocycles. The van der Waals surface area contributed by atoms with Gasteiger partial charge in [0.25, 0.3) is 0 Å². The van der Waals surface area contributed by atoms with Gasteiger partial charge in [-0.25, -0.2) is 0 Å². The van der Waals surface area contributed by atoms with Gasteiger partial charge in [0.1, 0.15) is 0 Å². The number of nitrogens with zero attached hydrogens (tertiary/aromatic N) is 3. The Kier molecular flexibility index (Phi) is 3.73. The molecule has 18 heavy (non-hydrogen) atoms. The van der Waals surface area contributed by atoms with E-state index in [9.17, 15) is 15.2 Å². The molecule has 1 aromatic carbocycles. The molecule has 1 aliphatic rings. The molecule has 0 aliphatic carbocycles. The van der Waals surface area contributed by atoms with Crippen LogP contribution in [0.3, 0.4) is 0 Å². The van der Waals surface area contributed by atoms with E-state index in [2.05, 4.69) is 5.10 Å². The van der Waals surface area contributed by atoms with Crippen molar-refractivity contribution >= 4 is 11.9 Å². The predicted molar refractivity (Wildman–Crippen MR) is 64.7 cm³/mol. The molecule has 0 spiro atoms. The zero-order valence-corrected chi connectivity index (χ0v) is 9.65. The molecule has 1 aliphatic heterocycles. The van der Waals surface area contributed by atoms with Crippen LogP contribution < -0.4 is 0 Å². The SMILES string of the molecule is O=[N+]([O-])c1cc(/C=N\N2CCOCC2)ccc1O. The van der Waals surface area contributed by atoms with E-state index in [1.54, 1.807) is 6.07 Å². The van der Waals surface area contributed by atoms with Crippen LogP contribution in [0.1, 0.15) is 5.56 Å². The summed E-state index contributed by atoms with van der Waals surface area (Å²) in [6.45, 7) is 2.67. The largest absolute Gasteiger partial charge is 0.502 e. The molecule has 96 valence electrons. The number of phenols is 1. The molecule has 0 amide bonds. The molecule has 0 atom stereocenters. The lowest BCUT2D eigenvalue weighted by atomic mass is 10.2. The van der Waals surface area contributed by atoms with Gasteiger partial charge in [-0.15, -0.1) is 0 Å². The van der Waals surface area contributed by atoms with Gasteiger partial charge in [0, 0.05) is 11.6 Å². The molecule has 7 heteroatoms. The summed E-state index contributed by atoms with van der Waals surface area (Å²) < 4.78 is 5.18. The number of aromatic hydroxyl groups is 1. The predicted octanol–water partition coefficient (Wildman–Crippen LogP) is 0.966. The number of hydrazone groups is 1. The molecule has 0 unspecified atom stereocenters. The second kappa shape index (κ2) is 5.46. The lowest BCUT2D eigenvalue weighted by Crippen LogP contribution is -2.32. The maximum Gasteiger partial charge on any atom is 0.311 e. The average Bonchev–Trinajstić information content (AvgIpc) is 2.38. The Labute approximate surface area is 103 Å². The third-order valence-electron chi connectivity index (χ3n) is 2.55. The quantitative estimate of drug-likeness (QED) is 0.491. The average molecular weight is 251 g/mol. The molecule has 0 aromatic heterocycles. The summed E-state index contributed by atoms with van der Waals surface area (Å²) >= 11 is 0. The van der Waals surface area contributed by atoms with Crippen LogP contribution in [0.4, 0.5) is 5.69 Å². The first-order chi connectivity index (χ1) is 8.66. The number of phenolic OH excluding ortho intramolecular Hbond substituents is 1. The van der Waals surface area contributed by atoms with Crippen LogP contribution in [0.5, 0.6) is 5.75 Å². The number of nitro groups is 1. The van der Waals surface area contributed by atoms with Gasteiger partial charge in [-0.2, -0.15) is 5.10 Å². The molecular formula is C11H13N3O4. The van der Waals surface area contributed by atoms with Crippen molar-refractivity contribution in [2.75, 3.05) is 26.3 Å². The van der Waals surface area contributed by atoms with Crippen LogP contribution >= 0.6 is 0 Å². The first kappa shape index (κ1) is 12.3. The summed E-state index contributed by atoms with van der Waals surface area (Å²) in [6, 6.07) is 4.16. The van der Waals surface area contributed by atoms with E-state index < -0.39 is 4.92 Å². The van der Waals surface area contributed by atoms with Gasteiger partial charge in [0.15, 0.2) is 5.75 Å². The lowest BCUT2D eigenvalue weighted by molar-refractivity contribution is -0.385. The summed E-state index contributed by atoms with van der Waals surface area (Å²) in [6.07, 6.45) is 1.54. The highest BCUT2D eigenvalue weighted by molar-refractivity contribution is 5.81. The molecular weight excluding hydrogens is 238 g/mol. The van der Waals surface area contributed by atoms with Crippen LogP contribution in [0.25, 0.3) is 0 Å². The number of benzene rings is 1. The first-order valence-electron chi connectivity index (χ1n) is 5.51. The fraction of sp³-hybridized carbons (Fsp3) is 0.364. The number of ether oxygens (including phenoxy) is 1. The summed E-state index contributed by atoms with van der Waals surface area (Å²) in [4.78, 5) is 10.0. The van der Waals surface area contributed by atoms with Gasteiger partial charge >= 0.3 is 5.69 Å². The molecule has 1 fully saturated rings. The Hall–Kier alpha value is -2.15. The van der Waals surface area contributed by atoms with Crippen molar-refractivity contribution in [1.29, 1.82) is 0 Å². The van der Waals surface area contributed by atoms with E-state index in [0.717, 1.165) is 0 Å². The van der Waals surface area contributed by atoms with E-state index in [4.69, 9.17) is 4.74 Å². The number of rotatable bonds is 3. The Balaban J connectivity index is 2.11. The molecule has 7 nitrogen and oxygen atoms in total. The molecule has 0 bridgehead atoms. The normalized spacial score (nSPS) is 16.1. The van der Waals surface area contributed by atoms with Gasteiger partial charge in [-0.3, -0.25) is 15.1 Å². The van der Waals surface area contributed by atoms with E-state index in [-0.39, 0.29) is 11.4 Å². The van der Waals surface area contributed by atoms with Gasteiger partial charge < -0.3 is 9.84 Å². The van der Waals surface area contributed by atoms with Crippen LogP contribution in [0, 0.1) is 10.1 Å². The van der Waals surface area contributed by atoms with Gasteiger partial charge in [-0.1, -0.05) is 0 Å². The maximum absolute atomic E-state index is 10.7. The summed E-state index contributed by atoms with van der Waals surface area (Å²) in [5.41, 5.74) is 0.256. The second-order valence-electron chi connectivity index (χ2n) is 3.82. The van der Waals surface area contributed by atoms with Crippen molar-refractivity contribution in [2.24, 2.45) is 5.10 Å². The summed E-state index contributed by atoms with van der Waals surface area (Å²) in [7, 11) is 0. The van der Waals surface area contributed by atoms with E-state index in [1.165, 1.54) is 18.3 Å². The van der Waals surface area contributed by atoms with Gasteiger partial charge in [-0.05, 0) is 12.1 Å². The molecule has 2 rings (SSSR count). The summed E-state index contributed by atoms with van der Waals surface area (Å²) in [5, 5.41) is 26.0. The molecule has 1 saturated heterocycles. The van der Waals surface area contributed by atoms with Gasteiger partial charge in [0.2, 0.25) is 0 Å². The minimum absolute atomic E-state index is 0.319. The van der Waals surface area contributed by atoms with E-state index >= 15 is 0 Å². The van der Waals surface area contributed by atoms with E-state index in [0.29, 0.717) is 31.9 Å². The van der Waals surface area contributed by atoms with Crippen molar-refractivity contribution in [3.8, 4) is 5.75 Å². The Morgan fingerprint density at radius 2 is 2.17 bits per heavy atom.